The summed E-state index contributed by atoms with van der Waals surface area (Å²) in [6.45, 7) is 0. The first-order valence-corrected chi connectivity index (χ1v) is 9.33. The molecule has 18 heavy (non-hydrogen) atoms. The van der Waals surface area contributed by atoms with E-state index in [4.69, 9.17) is 0 Å². The van der Waals surface area contributed by atoms with Crippen molar-refractivity contribution in [3.8, 4) is 11.1 Å². The summed E-state index contributed by atoms with van der Waals surface area (Å²) in [5.41, 5.74) is 2.60. The minimum absolute atomic E-state index is 1.29. The lowest BCUT2D eigenvalue weighted by atomic mass is 10.1. The van der Waals surface area contributed by atoms with Crippen LogP contribution in [0.1, 0.15) is 0 Å². The maximum Gasteiger partial charge on any atom is 0.0342 e. The van der Waals surface area contributed by atoms with E-state index in [2.05, 4.69) is 61.2 Å². The number of benzene rings is 2. The van der Waals surface area contributed by atoms with Crippen molar-refractivity contribution in [2.75, 3.05) is 18.8 Å². The third-order valence-corrected chi connectivity index (χ3v) is 5.40. The Morgan fingerprint density at radius 3 is 1.67 bits per heavy atom. The molecule has 0 aliphatic rings. The second-order valence-corrected chi connectivity index (χ2v) is 6.29. The molecule has 2 aromatic rings. The van der Waals surface area contributed by atoms with Crippen LogP contribution in [0, 0.1) is 0 Å². The molecule has 0 nitrogen and oxygen atoms in total. The summed E-state index contributed by atoms with van der Waals surface area (Å²) in [6, 6.07) is 15.2. The number of hydrogen-bond donors (Lipinski definition) is 0. The predicted molar refractivity (Wildman–Crippen MR) is 87.2 cm³/mol. The molecule has 0 bridgehead atoms. The molecule has 0 radical (unpaired) electrons. The van der Waals surface area contributed by atoms with Gasteiger partial charge < -0.3 is 0 Å². The second-order valence-electron chi connectivity index (χ2n) is 3.78. The topological polar surface area (TPSA) is 0 Å². The molecule has 0 fully saturated rings. The van der Waals surface area contributed by atoms with Crippen molar-refractivity contribution >= 4 is 35.3 Å². The second kappa shape index (κ2) is 6.60. The van der Waals surface area contributed by atoms with Crippen molar-refractivity contribution in [2.24, 2.45) is 0 Å². The SMILES string of the molecule is CSc1cc(-c2ccccc2)cc(SC)c1SC. The average Bonchev–Trinajstić information content (AvgIpc) is 2.46. The van der Waals surface area contributed by atoms with Gasteiger partial charge in [0.05, 0.1) is 0 Å². The normalized spacial score (nSPS) is 10.6. The van der Waals surface area contributed by atoms with Crippen LogP contribution < -0.4 is 0 Å². The van der Waals surface area contributed by atoms with E-state index in [1.807, 2.05) is 35.3 Å². The van der Waals surface area contributed by atoms with Crippen molar-refractivity contribution < 1.29 is 0 Å². The van der Waals surface area contributed by atoms with Gasteiger partial charge in [-0.05, 0) is 42.0 Å². The number of rotatable bonds is 4. The van der Waals surface area contributed by atoms with Crippen molar-refractivity contribution in [3.05, 3.63) is 42.5 Å². The lowest BCUT2D eigenvalue weighted by molar-refractivity contribution is 1.13. The highest BCUT2D eigenvalue weighted by molar-refractivity contribution is 8.03. The van der Waals surface area contributed by atoms with Crippen molar-refractivity contribution in [2.45, 2.75) is 14.7 Å². The minimum Gasteiger partial charge on any atom is -0.128 e. The quantitative estimate of drug-likeness (QED) is 0.681. The first-order valence-electron chi connectivity index (χ1n) is 5.65. The molecule has 0 saturated heterocycles. The summed E-state index contributed by atoms with van der Waals surface area (Å²) in [4.78, 5) is 4.14. The number of thioether (sulfide) groups is 3. The summed E-state index contributed by atoms with van der Waals surface area (Å²) >= 11 is 5.48. The van der Waals surface area contributed by atoms with Crippen molar-refractivity contribution in [1.29, 1.82) is 0 Å². The van der Waals surface area contributed by atoms with Gasteiger partial charge in [-0.25, -0.2) is 0 Å². The molecular formula is C15H16S3. The molecular weight excluding hydrogens is 276 g/mol. The van der Waals surface area contributed by atoms with Gasteiger partial charge in [-0.1, -0.05) is 30.3 Å². The Hall–Kier alpha value is -0.510. The molecule has 2 rings (SSSR count). The molecule has 0 N–H and O–H groups in total. The Morgan fingerprint density at radius 2 is 1.22 bits per heavy atom. The van der Waals surface area contributed by atoms with Gasteiger partial charge in [-0.15, -0.1) is 35.3 Å². The zero-order chi connectivity index (χ0) is 13.0. The zero-order valence-corrected chi connectivity index (χ0v) is 13.2. The Morgan fingerprint density at radius 1 is 0.667 bits per heavy atom. The van der Waals surface area contributed by atoms with E-state index in [0.717, 1.165) is 0 Å². The van der Waals surface area contributed by atoms with E-state index in [1.54, 1.807) is 0 Å². The van der Waals surface area contributed by atoms with Gasteiger partial charge in [-0.3, -0.25) is 0 Å². The van der Waals surface area contributed by atoms with Crippen LogP contribution in [0.25, 0.3) is 11.1 Å². The summed E-state index contributed by atoms with van der Waals surface area (Å²) in [5, 5.41) is 0. The predicted octanol–water partition coefficient (Wildman–Crippen LogP) is 5.52. The maximum absolute atomic E-state index is 2.30. The van der Waals surface area contributed by atoms with Crippen LogP contribution >= 0.6 is 35.3 Å². The molecule has 0 atom stereocenters. The van der Waals surface area contributed by atoms with E-state index < -0.39 is 0 Å². The summed E-state index contributed by atoms with van der Waals surface area (Å²) in [7, 11) is 0. The van der Waals surface area contributed by atoms with Crippen LogP contribution in [0.4, 0.5) is 0 Å². The molecule has 3 heteroatoms. The van der Waals surface area contributed by atoms with Gasteiger partial charge >= 0.3 is 0 Å². The average molecular weight is 292 g/mol. The summed E-state index contributed by atoms with van der Waals surface area (Å²) in [5.74, 6) is 0. The Balaban J connectivity index is 2.57. The standard InChI is InChI=1S/C15H16S3/c1-16-13-9-12(11-7-5-4-6-8-11)10-14(17-2)15(13)18-3/h4-10H,1-3H3. The largest absolute Gasteiger partial charge is 0.128 e. The van der Waals surface area contributed by atoms with Gasteiger partial charge in [0.15, 0.2) is 0 Å². The maximum atomic E-state index is 2.30. The zero-order valence-electron chi connectivity index (χ0n) is 10.8. The van der Waals surface area contributed by atoms with Crippen LogP contribution in [0.15, 0.2) is 57.2 Å². The van der Waals surface area contributed by atoms with Gasteiger partial charge in [0.2, 0.25) is 0 Å². The van der Waals surface area contributed by atoms with Crippen LogP contribution in [0.5, 0.6) is 0 Å². The molecule has 0 aliphatic heterocycles. The highest BCUT2D eigenvalue weighted by atomic mass is 32.2. The molecule has 2 aromatic carbocycles. The monoisotopic (exact) mass is 292 g/mol. The summed E-state index contributed by atoms with van der Waals surface area (Å²) < 4.78 is 0. The minimum atomic E-state index is 1.29. The van der Waals surface area contributed by atoms with Gasteiger partial charge in [0, 0.05) is 14.7 Å². The molecule has 94 valence electrons. The van der Waals surface area contributed by atoms with Crippen LogP contribution in [0.2, 0.25) is 0 Å². The van der Waals surface area contributed by atoms with E-state index in [0.29, 0.717) is 0 Å². The molecule has 0 unspecified atom stereocenters. The highest BCUT2D eigenvalue weighted by Gasteiger charge is 2.10. The van der Waals surface area contributed by atoms with Crippen LogP contribution in [-0.4, -0.2) is 18.8 Å². The number of hydrogen-bond acceptors (Lipinski definition) is 3. The van der Waals surface area contributed by atoms with E-state index >= 15 is 0 Å². The first-order chi connectivity index (χ1) is 8.80. The van der Waals surface area contributed by atoms with Crippen LogP contribution in [-0.2, 0) is 0 Å². The first kappa shape index (κ1) is 13.9. The molecule has 0 heterocycles. The fourth-order valence-corrected chi connectivity index (χ4v) is 4.54. The van der Waals surface area contributed by atoms with E-state index in [9.17, 15) is 0 Å². The molecule has 0 saturated carbocycles. The Kier molecular flexibility index (Phi) is 5.10. The molecule has 0 spiro atoms. The van der Waals surface area contributed by atoms with Crippen molar-refractivity contribution in [3.63, 3.8) is 0 Å². The van der Waals surface area contributed by atoms with E-state index in [-0.39, 0.29) is 0 Å². The molecule has 0 aliphatic carbocycles. The summed E-state index contributed by atoms with van der Waals surface area (Å²) in [6.07, 6.45) is 6.44. The smallest absolute Gasteiger partial charge is 0.0342 e. The van der Waals surface area contributed by atoms with Gasteiger partial charge in [0.1, 0.15) is 0 Å². The fourth-order valence-electron chi connectivity index (χ4n) is 1.88. The lowest BCUT2D eigenvalue weighted by Gasteiger charge is -2.13. The van der Waals surface area contributed by atoms with E-state index in [1.165, 1.54) is 25.8 Å². The third kappa shape index (κ3) is 2.90. The van der Waals surface area contributed by atoms with Gasteiger partial charge in [0.25, 0.3) is 0 Å². The molecule has 0 aromatic heterocycles. The molecule has 0 amide bonds. The highest BCUT2D eigenvalue weighted by Crippen LogP contribution is 2.39. The lowest BCUT2D eigenvalue weighted by Crippen LogP contribution is -1.86. The Labute approximate surface area is 122 Å². The third-order valence-electron chi connectivity index (χ3n) is 2.77. The van der Waals surface area contributed by atoms with Crippen molar-refractivity contribution in [1.82, 2.24) is 0 Å². The Bertz CT molecular complexity index is 496. The van der Waals surface area contributed by atoms with Gasteiger partial charge in [-0.2, -0.15) is 0 Å². The van der Waals surface area contributed by atoms with Crippen LogP contribution in [0.3, 0.4) is 0 Å². The fraction of sp³-hybridized carbons (Fsp3) is 0.200.